The van der Waals surface area contributed by atoms with Crippen LogP contribution in [0.1, 0.15) is 30.9 Å². The minimum Gasteiger partial charge on any atom is -0.490 e. The van der Waals surface area contributed by atoms with Crippen LogP contribution in [0.25, 0.3) is 0 Å². The Labute approximate surface area is 166 Å². The Morgan fingerprint density at radius 3 is 2.36 bits per heavy atom. The van der Waals surface area contributed by atoms with Crippen LogP contribution in [0.4, 0.5) is 0 Å². The Kier molecular flexibility index (Phi) is 6.21. The third-order valence-corrected chi connectivity index (χ3v) is 5.54. The third-order valence-electron chi connectivity index (χ3n) is 5.54. The Hall–Kier alpha value is -2.57. The second-order valence-corrected chi connectivity index (χ2v) is 7.58. The predicted molar refractivity (Wildman–Crippen MR) is 105 cm³/mol. The zero-order valence-electron chi connectivity index (χ0n) is 16.9. The summed E-state index contributed by atoms with van der Waals surface area (Å²) in [5.74, 6) is -0.282. The van der Waals surface area contributed by atoms with Gasteiger partial charge in [0.2, 0.25) is 5.91 Å². The second-order valence-electron chi connectivity index (χ2n) is 7.58. The number of hydrogen-bond acceptors (Lipinski definition) is 4. The minimum atomic E-state index is -0.574. The number of ether oxygens (including phenoxy) is 1. The van der Waals surface area contributed by atoms with E-state index in [0.29, 0.717) is 32.7 Å². The van der Waals surface area contributed by atoms with Crippen molar-refractivity contribution in [3.05, 3.63) is 29.3 Å². The first-order chi connectivity index (χ1) is 13.4. The van der Waals surface area contributed by atoms with E-state index in [1.807, 2.05) is 26.8 Å². The quantitative estimate of drug-likeness (QED) is 0.716. The molecular weight excluding hydrogens is 358 g/mol. The van der Waals surface area contributed by atoms with Crippen molar-refractivity contribution in [2.45, 2.75) is 39.7 Å². The van der Waals surface area contributed by atoms with Crippen molar-refractivity contribution < 1.29 is 19.1 Å². The van der Waals surface area contributed by atoms with Gasteiger partial charge in [0, 0.05) is 45.6 Å². The summed E-state index contributed by atoms with van der Waals surface area (Å²) in [6.45, 7) is 8.51. The Morgan fingerprint density at radius 1 is 1.04 bits per heavy atom. The largest absolute Gasteiger partial charge is 0.490 e. The van der Waals surface area contributed by atoms with Gasteiger partial charge in [0.05, 0.1) is 0 Å². The van der Waals surface area contributed by atoms with Crippen LogP contribution in [0.15, 0.2) is 18.2 Å². The summed E-state index contributed by atoms with van der Waals surface area (Å²) >= 11 is 0. The number of carbonyl (C=O) groups excluding carboxylic acids is 3. The number of carbonyl (C=O) groups is 3. The van der Waals surface area contributed by atoms with Crippen LogP contribution >= 0.6 is 0 Å². The highest BCUT2D eigenvalue weighted by Gasteiger charge is 2.34. The molecule has 0 spiro atoms. The van der Waals surface area contributed by atoms with Crippen LogP contribution in [0.2, 0.25) is 0 Å². The van der Waals surface area contributed by atoms with Gasteiger partial charge < -0.3 is 19.4 Å². The number of amides is 3. The van der Waals surface area contributed by atoms with Crippen molar-refractivity contribution in [3.63, 3.8) is 0 Å². The number of rotatable bonds is 5. The van der Waals surface area contributed by atoms with E-state index in [1.54, 1.807) is 4.90 Å². The lowest BCUT2D eigenvalue weighted by Crippen LogP contribution is -2.57. The molecule has 2 fully saturated rings. The summed E-state index contributed by atoms with van der Waals surface area (Å²) in [6, 6.07) is 6.17. The maximum Gasteiger partial charge on any atom is 0.312 e. The van der Waals surface area contributed by atoms with Gasteiger partial charge in [-0.15, -0.1) is 0 Å². The number of likely N-dealkylation sites (N-methyl/N-ethyl adjacent to an activating group) is 1. The maximum atomic E-state index is 12.6. The third kappa shape index (κ3) is 4.46. The van der Waals surface area contributed by atoms with E-state index >= 15 is 0 Å². The first-order valence-corrected chi connectivity index (χ1v) is 9.99. The smallest absolute Gasteiger partial charge is 0.312 e. The molecule has 0 saturated carbocycles. The summed E-state index contributed by atoms with van der Waals surface area (Å²) in [4.78, 5) is 41.4. The molecule has 0 aromatic heterocycles. The molecule has 0 radical (unpaired) electrons. The predicted octanol–water partition coefficient (Wildman–Crippen LogP) is 1.36. The van der Waals surface area contributed by atoms with E-state index in [-0.39, 0.29) is 18.6 Å². The first-order valence-electron chi connectivity index (χ1n) is 9.99. The molecule has 0 unspecified atom stereocenters. The van der Waals surface area contributed by atoms with Gasteiger partial charge in [0.1, 0.15) is 18.4 Å². The van der Waals surface area contributed by atoms with E-state index in [4.69, 9.17) is 4.74 Å². The summed E-state index contributed by atoms with van der Waals surface area (Å²) < 4.78 is 6.15. The molecule has 2 aliphatic rings. The van der Waals surface area contributed by atoms with E-state index in [2.05, 4.69) is 12.1 Å². The molecule has 7 heteroatoms. The highest BCUT2D eigenvalue weighted by atomic mass is 16.5. The number of nitrogens with zero attached hydrogens (tertiary/aromatic N) is 3. The van der Waals surface area contributed by atoms with Gasteiger partial charge in [-0.3, -0.25) is 14.4 Å². The number of likely N-dealkylation sites (tertiary alicyclic amines) is 1. The van der Waals surface area contributed by atoms with E-state index in [1.165, 1.54) is 9.80 Å². The monoisotopic (exact) mass is 387 g/mol. The summed E-state index contributed by atoms with van der Waals surface area (Å²) in [6.07, 6.45) is 1.60. The lowest BCUT2D eigenvalue weighted by Gasteiger charge is -2.36. The minimum absolute atomic E-state index is 0.0232. The topological polar surface area (TPSA) is 70.2 Å². The molecule has 1 aromatic carbocycles. The fraction of sp³-hybridized carbons (Fsp3) is 0.571. The highest BCUT2D eigenvalue weighted by Crippen LogP contribution is 2.24. The highest BCUT2D eigenvalue weighted by molar-refractivity contribution is 6.35. The van der Waals surface area contributed by atoms with Gasteiger partial charge in [0.25, 0.3) is 0 Å². The average Bonchev–Trinajstić information content (AvgIpc) is 2.69. The Bertz CT molecular complexity index is 756. The average molecular weight is 387 g/mol. The number of benzene rings is 1. The molecule has 0 bridgehead atoms. The van der Waals surface area contributed by atoms with Crippen LogP contribution in [0, 0.1) is 13.8 Å². The van der Waals surface area contributed by atoms with Crippen molar-refractivity contribution in [1.29, 1.82) is 0 Å². The number of piperazine rings is 1. The van der Waals surface area contributed by atoms with Gasteiger partial charge in [-0.2, -0.15) is 0 Å². The molecule has 1 aromatic rings. The van der Waals surface area contributed by atoms with E-state index in [9.17, 15) is 14.4 Å². The van der Waals surface area contributed by atoms with Gasteiger partial charge >= 0.3 is 11.8 Å². The molecule has 3 rings (SSSR count). The fourth-order valence-corrected chi connectivity index (χ4v) is 3.67. The SMILES string of the molecule is CCN1CCN(CC(=O)N2CCC(Oc3cc(C)ccc3C)CC2)C(=O)C1=O. The van der Waals surface area contributed by atoms with E-state index in [0.717, 1.165) is 29.7 Å². The van der Waals surface area contributed by atoms with Crippen molar-refractivity contribution in [1.82, 2.24) is 14.7 Å². The summed E-state index contributed by atoms with van der Waals surface area (Å²) in [5, 5.41) is 0. The number of piperidine rings is 1. The van der Waals surface area contributed by atoms with Gasteiger partial charge in [-0.1, -0.05) is 12.1 Å². The van der Waals surface area contributed by atoms with Crippen LogP contribution in [0.5, 0.6) is 5.75 Å². The zero-order chi connectivity index (χ0) is 20.3. The molecule has 2 aliphatic heterocycles. The van der Waals surface area contributed by atoms with Gasteiger partial charge in [0.15, 0.2) is 0 Å². The van der Waals surface area contributed by atoms with Crippen LogP contribution in [-0.2, 0) is 14.4 Å². The van der Waals surface area contributed by atoms with Crippen molar-refractivity contribution in [2.24, 2.45) is 0 Å². The summed E-state index contributed by atoms with van der Waals surface area (Å²) in [7, 11) is 0. The molecule has 2 saturated heterocycles. The fourth-order valence-electron chi connectivity index (χ4n) is 3.67. The molecule has 0 aliphatic carbocycles. The van der Waals surface area contributed by atoms with Crippen LogP contribution in [0.3, 0.4) is 0 Å². The Morgan fingerprint density at radius 2 is 1.68 bits per heavy atom. The molecule has 7 nitrogen and oxygen atoms in total. The van der Waals surface area contributed by atoms with Crippen LogP contribution in [-0.4, -0.2) is 77.8 Å². The van der Waals surface area contributed by atoms with Crippen molar-refractivity contribution in [2.75, 3.05) is 39.3 Å². The molecule has 3 amide bonds. The van der Waals surface area contributed by atoms with Crippen LogP contribution < -0.4 is 4.74 Å². The lowest BCUT2D eigenvalue weighted by molar-refractivity contribution is -0.157. The second kappa shape index (κ2) is 8.63. The molecular formula is C21H29N3O4. The zero-order valence-corrected chi connectivity index (χ0v) is 16.9. The normalized spacial score (nSPS) is 18.6. The molecule has 0 N–H and O–H groups in total. The maximum absolute atomic E-state index is 12.6. The number of hydrogen-bond donors (Lipinski definition) is 0. The molecule has 0 atom stereocenters. The standard InChI is InChI=1S/C21H29N3O4/c1-4-22-11-12-24(21(27)20(22)26)14-19(25)23-9-7-17(8-10-23)28-18-13-15(2)5-6-16(18)3/h5-6,13,17H,4,7-12,14H2,1-3H3. The summed E-state index contributed by atoms with van der Waals surface area (Å²) in [5.41, 5.74) is 2.27. The van der Waals surface area contributed by atoms with Gasteiger partial charge in [-0.25, -0.2) is 0 Å². The molecule has 2 heterocycles. The Balaban J connectivity index is 1.49. The number of aryl methyl sites for hydroxylation is 2. The van der Waals surface area contributed by atoms with Crippen molar-refractivity contribution in [3.8, 4) is 5.75 Å². The first kappa shape index (κ1) is 20.2. The van der Waals surface area contributed by atoms with Gasteiger partial charge in [-0.05, 0) is 38.0 Å². The van der Waals surface area contributed by atoms with E-state index < -0.39 is 11.8 Å². The van der Waals surface area contributed by atoms with Crippen molar-refractivity contribution >= 4 is 17.7 Å². The lowest BCUT2D eigenvalue weighted by atomic mass is 10.1. The molecule has 28 heavy (non-hydrogen) atoms. The molecule has 152 valence electrons.